The summed E-state index contributed by atoms with van der Waals surface area (Å²) in [6, 6.07) is 0. The Morgan fingerprint density at radius 2 is 2.44 bits per heavy atom. The van der Waals surface area contributed by atoms with Crippen LogP contribution in [0.4, 0.5) is 0 Å². The lowest BCUT2D eigenvalue weighted by atomic mass is 10.4. The third-order valence-corrected chi connectivity index (χ3v) is 3.80. The first-order valence-corrected chi connectivity index (χ1v) is 6.95. The number of nitrogens with zero attached hydrogens (tertiary/aromatic N) is 1. The van der Waals surface area contributed by atoms with Gasteiger partial charge >= 0.3 is 0 Å². The van der Waals surface area contributed by atoms with E-state index in [2.05, 4.69) is 10.3 Å². The molecule has 1 N–H and O–H groups in total. The second-order valence-electron chi connectivity index (χ2n) is 4.17. The molecule has 0 amide bonds. The number of nitrogens with one attached hydrogen (secondary N) is 1. The molecule has 0 unspecified atom stereocenters. The minimum Gasteiger partial charge on any atom is -0.382 e. The second-order valence-corrected chi connectivity index (χ2v) is 5.31. The van der Waals surface area contributed by atoms with Crippen molar-refractivity contribution >= 4 is 11.3 Å². The van der Waals surface area contributed by atoms with E-state index >= 15 is 0 Å². The van der Waals surface area contributed by atoms with Gasteiger partial charge in [-0.2, -0.15) is 0 Å². The zero-order valence-electron chi connectivity index (χ0n) is 9.87. The molecule has 0 bridgehead atoms. The van der Waals surface area contributed by atoms with Crippen LogP contribution in [-0.4, -0.2) is 24.7 Å². The Balaban J connectivity index is 1.57. The SMILES string of the molecule is CCOCCCNCc1cnc(C2CC2)s1. The zero-order chi connectivity index (χ0) is 11.2. The fraction of sp³-hybridized carbons (Fsp3) is 0.750. The lowest BCUT2D eigenvalue weighted by Crippen LogP contribution is -2.15. The number of hydrogen-bond donors (Lipinski definition) is 1. The van der Waals surface area contributed by atoms with Gasteiger partial charge in [-0.15, -0.1) is 11.3 Å². The Hall–Kier alpha value is -0.450. The van der Waals surface area contributed by atoms with Crippen molar-refractivity contribution < 1.29 is 4.74 Å². The van der Waals surface area contributed by atoms with Crippen LogP contribution in [0.25, 0.3) is 0 Å². The summed E-state index contributed by atoms with van der Waals surface area (Å²) in [6.45, 7) is 5.69. The first-order valence-electron chi connectivity index (χ1n) is 6.13. The number of hydrogen-bond acceptors (Lipinski definition) is 4. The summed E-state index contributed by atoms with van der Waals surface area (Å²) in [5, 5.41) is 4.76. The quantitative estimate of drug-likeness (QED) is 0.709. The monoisotopic (exact) mass is 240 g/mol. The van der Waals surface area contributed by atoms with Crippen LogP contribution < -0.4 is 5.32 Å². The Labute approximate surface area is 101 Å². The highest BCUT2D eigenvalue weighted by atomic mass is 32.1. The molecular weight excluding hydrogens is 220 g/mol. The van der Waals surface area contributed by atoms with Crippen molar-refractivity contribution in [3.63, 3.8) is 0 Å². The van der Waals surface area contributed by atoms with Gasteiger partial charge in [0.25, 0.3) is 0 Å². The summed E-state index contributed by atoms with van der Waals surface area (Å²) >= 11 is 1.87. The first kappa shape index (κ1) is 12.0. The average molecular weight is 240 g/mol. The van der Waals surface area contributed by atoms with Crippen molar-refractivity contribution in [1.82, 2.24) is 10.3 Å². The summed E-state index contributed by atoms with van der Waals surface area (Å²) in [5.74, 6) is 0.789. The molecule has 90 valence electrons. The fourth-order valence-electron chi connectivity index (χ4n) is 1.58. The summed E-state index contributed by atoms with van der Waals surface area (Å²) in [6.07, 6.45) is 5.79. The molecule has 2 rings (SSSR count). The van der Waals surface area contributed by atoms with Crippen LogP contribution in [0.15, 0.2) is 6.20 Å². The van der Waals surface area contributed by atoms with Gasteiger partial charge in [0.05, 0.1) is 5.01 Å². The van der Waals surface area contributed by atoms with Crippen LogP contribution in [0.3, 0.4) is 0 Å². The molecule has 0 spiro atoms. The largest absolute Gasteiger partial charge is 0.382 e. The molecule has 16 heavy (non-hydrogen) atoms. The van der Waals surface area contributed by atoms with Gasteiger partial charge in [0.2, 0.25) is 0 Å². The second kappa shape index (κ2) is 6.33. The minimum absolute atomic E-state index is 0.789. The van der Waals surface area contributed by atoms with E-state index in [0.29, 0.717) is 0 Å². The maximum atomic E-state index is 5.28. The van der Waals surface area contributed by atoms with Crippen molar-refractivity contribution in [3.05, 3.63) is 16.1 Å². The number of rotatable bonds is 8. The van der Waals surface area contributed by atoms with Crippen molar-refractivity contribution in [2.24, 2.45) is 0 Å². The van der Waals surface area contributed by atoms with Gasteiger partial charge in [-0.05, 0) is 32.7 Å². The van der Waals surface area contributed by atoms with Gasteiger partial charge in [-0.25, -0.2) is 4.98 Å². The van der Waals surface area contributed by atoms with E-state index in [1.54, 1.807) is 0 Å². The van der Waals surface area contributed by atoms with E-state index in [9.17, 15) is 0 Å². The molecule has 0 aromatic carbocycles. The molecule has 0 atom stereocenters. The van der Waals surface area contributed by atoms with Crippen molar-refractivity contribution in [2.45, 2.75) is 38.6 Å². The lowest BCUT2D eigenvalue weighted by Gasteiger charge is -2.02. The van der Waals surface area contributed by atoms with Gasteiger partial charge in [-0.1, -0.05) is 0 Å². The standard InChI is InChI=1S/C12H20N2OS/c1-2-15-7-3-6-13-8-11-9-14-12(16-11)10-4-5-10/h9-10,13H,2-8H2,1H3. The predicted octanol–water partition coefficient (Wildman–Crippen LogP) is 2.54. The van der Waals surface area contributed by atoms with E-state index in [1.807, 2.05) is 24.5 Å². The van der Waals surface area contributed by atoms with E-state index in [1.165, 1.54) is 22.7 Å². The minimum atomic E-state index is 0.789. The van der Waals surface area contributed by atoms with Crippen LogP contribution in [-0.2, 0) is 11.3 Å². The third-order valence-electron chi connectivity index (χ3n) is 2.64. The van der Waals surface area contributed by atoms with Gasteiger partial charge in [0, 0.05) is 36.8 Å². The van der Waals surface area contributed by atoms with Crippen LogP contribution in [0.5, 0.6) is 0 Å². The Morgan fingerprint density at radius 3 is 3.19 bits per heavy atom. The molecule has 1 aromatic rings. The van der Waals surface area contributed by atoms with Crippen LogP contribution >= 0.6 is 11.3 Å². The molecule has 3 nitrogen and oxygen atoms in total. The maximum Gasteiger partial charge on any atom is 0.0959 e. The van der Waals surface area contributed by atoms with Gasteiger partial charge in [-0.3, -0.25) is 0 Å². The summed E-state index contributed by atoms with van der Waals surface area (Å²) in [7, 11) is 0. The van der Waals surface area contributed by atoms with E-state index in [4.69, 9.17) is 4.74 Å². The van der Waals surface area contributed by atoms with Crippen molar-refractivity contribution in [3.8, 4) is 0 Å². The maximum absolute atomic E-state index is 5.28. The first-order chi connectivity index (χ1) is 7.90. The highest BCUT2D eigenvalue weighted by Gasteiger charge is 2.26. The van der Waals surface area contributed by atoms with Crippen molar-refractivity contribution in [1.29, 1.82) is 0 Å². The topological polar surface area (TPSA) is 34.1 Å². The van der Waals surface area contributed by atoms with E-state index in [0.717, 1.165) is 38.6 Å². The summed E-state index contributed by atoms with van der Waals surface area (Å²) in [4.78, 5) is 5.82. The molecule has 4 heteroatoms. The highest BCUT2D eigenvalue weighted by molar-refractivity contribution is 7.11. The molecule has 1 heterocycles. The number of thiazole rings is 1. The molecule has 0 saturated heterocycles. The average Bonchev–Trinajstić information content (AvgIpc) is 3.04. The number of ether oxygens (including phenoxy) is 1. The summed E-state index contributed by atoms with van der Waals surface area (Å²) < 4.78 is 5.28. The predicted molar refractivity (Wildman–Crippen MR) is 66.9 cm³/mol. The molecule has 1 saturated carbocycles. The molecule has 1 fully saturated rings. The van der Waals surface area contributed by atoms with E-state index < -0.39 is 0 Å². The Morgan fingerprint density at radius 1 is 1.56 bits per heavy atom. The van der Waals surface area contributed by atoms with Crippen LogP contribution in [0.2, 0.25) is 0 Å². The normalized spacial score (nSPS) is 15.6. The highest BCUT2D eigenvalue weighted by Crippen LogP contribution is 2.41. The lowest BCUT2D eigenvalue weighted by molar-refractivity contribution is 0.144. The molecule has 0 aliphatic heterocycles. The molecule has 1 aliphatic rings. The van der Waals surface area contributed by atoms with Gasteiger partial charge in [0.15, 0.2) is 0 Å². The number of aromatic nitrogens is 1. The molecule has 0 radical (unpaired) electrons. The van der Waals surface area contributed by atoms with E-state index in [-0.39, 0.29) is 0 Å². The Bertz CT molecular complexity index is 310. The fourth-order valence-corrected chi connectivity index (χ4v) is 2.63. The summed E-state index contributed by atoms with van der Waals surface area (Å²) in [5.41, 5.74) is 0. The van der Waals surface area contributed by atoms with Gasteiger partial charge < -0.3 is 10.1 Å². The Kier molecular flexibility index (Phi) is 4.75. The molecular formula is C12H20N2OS. The molecule has 1 aromatic heterocycles. The van der Waals surface area contributed by atoms with Crippen LogP contribution in [0, 0.1) is 0 Å². The molecule has 1 aliphatic carbocycles. The van der Waals surface area contributed by atoms with Gasteiger partial charge in [0.1, 0.15) is 0 Å². The van der Waals surface area contributed by atoms with Crippen LogP contribution in [0.1, 0.15) is 42.0 Å². The zero-order valence-corrected chi connectivity index (χ0v) is 10.7. The smallest absolute Gasteiger partial charge is 0.0959 e. The van der Waals surface area contributed by atoms with Crippen molar-refractivity contribution in [2.75, 3.05) is 19.8 Å². The third kappa shape index (κ3) is 3.85.